The second kappa shape index (κ2) is 6.33. The Morgan fingerprint density at radius 2 is 1.29 bits per heavy atom. The van der Waals surface area contributed by atoms with E-state index >= 15 is 0 Å². The van der Waals surface area contributed by atoms with Gasteiger partial charge in [-0.25, -0.2) is 0 Å². The van der Waals surface area contributed by atoms with Crippen molar-refractivity contribution in [3.8, 4) is 0 Å². The average molecular weight is 209 g/mol. The van der Waals surface area contributed by atoms with Gasteiger partial charge in [-0.3, -0.25) is 0 Å². The van der Waals surface area contributed by atoms with Crippen LogP contribution in [-0.4, -0.2) is 3.97 Å². The van der Waals surface area contributed by atoms with E-state index < -0.39 is 10.2 Å². The molecule has 0 bridgehead atoms. The lowest BCUT2D eigenvalue weighted by Gasteiger charge is -2.30. The molecule has 1 nitrogen and oxygen atoms in total. The van der Waals surface area contributed by atoms with Crippen LogP contribution in [0.25, 0.3) is 0 Å². The van der Waals surface area contributed by atoms with E-state index in [1.165, 1.54) is 0 Å². The number of hydrogen-bond donors (Lipinski definition) is 0. The maximum absolute atomic E-state index is 3.80. The summed E-state index contributed by atoms with van der Waals surface area (Å²) >= 11 is 0. The Balaban J connectivity index is 0.000000791. The maximum atomic E-state index is 3.80. The summed E-state index contributed by atoms with van der Waals surface area (Å²) in [4.78, 5) is 0. The number of hydrogen-bond acceptors (Lipinski definition) is 0. The molecule has 0 N–H and O–H groups in total. The molecule has 0 atom stereocenters. The van der Waals surface area contributed by atoms with E-state index in [9.17, 15) is 0 Å². The fraction of sp³-hybridized carbons (Fsp3) is 0.167. The molecule has 1 aromatic rings. The second-order valence-electron chi connectivity index (χ2n) is 2.27. The van der Waals surface area contributed by atoms with E-state index in [-0.39, 0.29) is 0 Å². The highest BCUT2D eigenvalue weighted by molar-refractivity contribution is 8.39. The Labute approximate surface area is 88.9 Å². The molecule has 0 aromatic carbocycles. The van der Waals surface area contributed by atoms with Gasteiger partial charge < -0.3 is 3.97 Å². The largest absolute Gasteiger partial charge is 0.307 e. The Kier molecular flexibility index (Phi) is 5.81. The summed E-state index contributed by atoms with van der Waals surface area (Å²) in [5.74, 6) is 0. The van der Waals surface area contributed by atoms with Gasteiger partial charge in [0.1, 0.15) is 0 Å². The number of nitrogens with zero attached hydrogens (tertiary/aromatic N) is 1. The molecule has 0 aliphatic heterocycles. The minimum atomic E-state index is -1.24. The average Bonchev–Trinajstić information content (AvgIpc) is 2.79. The van der Waals surface area contributed by atoms with Crippen LogP contribution in [0.5, 0.6) is 0 Å². The van der Waals surface area contributed by atoms with E-state index in [1.807, 2.05) is 54.6 Å². The molecule has 0 radical (unpaired) electrons. The van der Waals surface area contributed by atoms with Crippen molar-refractivity contribution in [3.63, 3.8) is 0 Å². The molecule has 1 aromatic heterocycles. The van der Waals surface area contributed by atoms with E-state index in [4.69, 9.17) is 0 Å². The molecule has 1 rings (SSSR count). The highest BCUT2D eigenvalue weighted by atomic mass is 32.3. The van der Waals surface area contributed by atoms with Gasteiger partial charge in [-0.15, -0.1) is 10.2 Å². The third-order valence-electron chi connectivity index (χ3n) is 1.74. The smallest absolute Gasteiger partial charge is 0.0149 e. The number of rotatable bonds is 4. The first kappa shape index (κ1) is 12.8. The van der Waals surface area contributed by atoms with E-state index in [1.54, 1.807) is 0 Å². The van der Waals surface area contributed by atoms with Crippen LogP contribution in [0, 0.1) is 0 Å². The third-order valence-corrected chi connectivity index (χ3v) is 4.32. The van der Waals surface area contributed by atoms with Gasteiger partial charge in [-0.1, -0.05) is 33.6 Å². The van der Waals surface area contributed by atoms with Gasteiger partial charge in [-0.05, 0) is 28.4 Å². The fourth-order valence-corrected chi connectivity index (χ4v) is 2.48. The van der Waals surface area contributed by atoms with Gasteiger partial charge in [-0.2, -0.15) is 0 Å². The van der Waals surface area contributed by atoms with Crippen molar-refractivity contribution >= 4 is 10.2 Å². The van der Waals surface area contributed by atoms with Crippen molar-refractivity contribution in [2.24, 2.45) is 0 Å². The van der Waals surface area contributed by atoms with Crippen molar-refractivity contribution in [2.75, 3.05) is 0 Å². The van der Waals surface area contributed by atoms with Gasteiger partial charge in [0.05, 0.1) is 0 Å². The summed E-state index contributed by atoms with van der Waals surface area (Å²) in [6, 6.07) is 3.97. The summed E-state index contributed by atoms with van der Waals surface area (Å²) in [6.45, 7) is 15.4. The maximum Gasteiger partial charge on any atom is 0.0149 e. The zero-order chi connectivity index (χ0) is 11.0. The lowest BCUT2D eigenvalue weighted by Crippen LogP contribution is -1.98. The van der Waals surface area contributed by atoms with Crippen molar-refractivity contribution < 1.29 is 0 Å². The normalized spacial score (nSPS) is 10.7. The van der Waals surface area contributed by atoms with Crippen LogP contribution in [0.4, 0.5) is 0 Å². The van der Waals surface area contributed by atoms with Crippen molar-refractivity contribution in [1.82, 2.24) is 3.97 Å². The van der Waals surface area contributed by atoms with Crippen molar-refractivity contribution in [3.05, 3.63) is 60.5 Å². The standard InChI is InChI=1S/C10H13NS.C2H6/c1-4-12(5-2,6-3)11-9-7-8-10-11;1-2/h4-10H,1-3H2;1-2H3. The van der Waals surface area contributed by atoms with E-state index in [2.05, 4.69) is 23.7 Å². The van der Waals surface area contributed by atoms with Gasteiger partial charge in [0.15, 0.2) is 0 Å². The van der Waals surface area contributed by atoms with Crippen LogP contribution in [0.2, 0.25) is 0 Å². The first-order chi connectivity index (χ1) is 6.79. The molecule has 1 heterocycles. The van der Waals surface area contributed by atoms with Crippen LogP contribution < -0.4 is 0 Å². The quantitative estimate of drug-likeness (QED) is 0.687. The first-order valence-corrected chi connectivity index (χ1v) is 6.41. The third kappa shape index (κ3) is 2.42. The second-order valence-corrected chi connectivity index (χ2v) is 5.14. The van der Waals surface area contributed by atoms with Gasteiger partial charge >= 0.3 is 0 Å². The van der Waals surface area contributed by atoms with E-state index in [0.717, 1.165) is 0 Å². The minimum absolute atomic E-state index is 1.24. The fourth-order valence-electron chi connectivity index (χ4n) is 0.992. The topological polar surface area (TPSA) is 4.93 Å². The van der Waals surface area contributed by atoms with Gasteiger partial charge in [0.25, 0.3) is 0 Å². The predicted octanol–water partition coefficient (Wildman–Crippen LogP) is 4.51. The molecule has 78 valence electrons. The summed E-state index contributed by atoms with van der Waals surface area (Å²) in [6.07, 6.45) is 4.00. The Morgan fingerprint density at radius 1 is 0.929 bits per heavy atom. The molecule has 14 heavy (non-hydrogen) atoms. The molecule has 0 aliphatic carbocycles. The SMILES string of the molecule is C=CS(C=C)(C=C)n1cccc1.CC. The lowest BCUT2D eigenvalue weighted by molar-refractivity contribution is 1.27. The minimum Gasteiger partial charge on any atom is -0.307 e. The molecule has 2 heteroatoms. The summed E-state index contributed by atoms with van der Waals surface area (Å²) in [5.41, 5.74) is 0. The monoisotopic (exact) mass is 209 g/mol. The zero-order valence-corrected chi connectivity index (χ0v) is 9.83. The molecule has 0 unspecified atom stereocenters. The molecule has 0 fully saturated rings. The van der Waals surface area contributed by atoms with Crippen LogP contribution in [0.15, 0.2) is 60.5 Å². The Hall–Kier alpha value is -1.15. The van der Waals surface area contributed by atoms with Crippen molar-refractivity contribution in [1.29, 1.82) is 0 Å². The highest BCUT2D eigenvalue weighted by Crippen LogP contribution is 2.52. The van der Waals surface area contributed by atoms with E-state index in [0.29, 0.717) is 0 Å². The van der Waals surface area contributed by atoms with Crippen molar-refractivity contribution in [2.45, 2.75) is 13.8 Å². The molecule has 0 aliphatic rings. The molecule has 0 spiro atoms. The number of aromatic nitrogens is 1. The van der Waals surface area contributed by atoms with Crippen LogP contribution in [0.3, 0.4) is 0 Å². The van der Waals surface area contributed by atoms with Gasteiger partial charge in [0, 0.05) is 12.4 Å². The summed E-state index contributed by atoms with van der Waals surface area (Å²) < 4.78 is 2.08. The van der Waals surface area contributed by atoms with Crippen LogP contribution in [0.1, 0.15) is 13.8 Å². The molecule has 0 saturated heterocycles. The van der Waals surface area contributed by atoms with Crippen LogP contribution >= 0.6 is 10.2 Å². The highest BCUT2D eigenvalue weighted by Gasteiger charge is 2.11. The zero-order valence-electron chi connectivity index (χ0n) is 9.02. The molecular formula is C12H19NS. The molecular weight excluding hydrogens is 190 g/mol. The summed E-state index contributed by atoms with van der Waals surface area (Å²) in [7, 11) is -1.24. The lowest BCUT2D eigenvalue weighted by atomic mass is 10.7. The molecule has 0 amide bonds. The first-order valence-electron chi connectivity index (χ1n) is 4.63. The Bertz CT molecular complexity index is 264. The van der Waals surface area contributed by atoms with Crippen LogP contribution in [-0.2, 0) is 0 Å². The van der Waals surface area contributed by atoms with Gasteiger partial charge in [0.2, 0.25) is 0 Å². The summed E-state index contributed by atoms with van der Waals surface area (Å²) in [5, 5.41) is 5.69. The Morgan fingerprint density at radius 3 is 1.57 bits per heavy atom. The predicted molar refractivity (Wildman–Crippen MR) is 69.4 cm³/mol. The molecule has 0 saturated carbocycles.